The Labute approximate surface area is 129 Å². The van der Waals surface area contributed by atoms with E-state index in [1.807, 2.05) is 0 Å². The fourth-order valence-corrected chi connectivity index (χ4v) is 3.22. The number of hydrogen-bond acceptors (Lipinski definition) is 3. The van der Waals surface area contributed by atoms with Crippen molar-refractivity contribution in [1.29, 1.82) is 0 Å². The van der Waals surface area contributed by atoms with Gasteiger partial charge >= 0.3 is 0 Å². The summed E-state index contributed by atoms with van der Waals surface area (Å²) in [4.78, 5) is 2.62. The van der Waals surface area contributed by atoms with Crippen LogP contribution in [0.5, 0.6) is 5.75 Å². The summed E-state index contributed by atoms with van der Waals surface area (Å²) in [5.41, 5.74) is 1.38. The van der Waals surface area contributed by atoms with Gasteiger partial charge in [0.15, 0.2) is 0 Å². The molecule has 2 rings (SSSR count). The minimum absolute atomic E-state index is 0.458. The second kappa shape index (κ2) is 8.40. The van der Waals surface area contributed by atoms with Crippen molar-refractivity contribution in [3.05, 3.63) is 29.8 Å². The normalized spacial score (nSPS) is 20.5. The van der Waals surface area contributed by atoms with Gasteiger partial charge in [-0.05, 0) is 57.0 Å². The van der Waals surface area contributed by atoms with Crippen LogP contribution in [0, 0.1) is 0 Å². The molecule has 0 spiro atoms. The predicted octanol–water partition coefficient (Wildman–Crippen LogP) is 3.61. The van der Waals surface area contributed by atoms with Crippen molar-refractivity contribution in [3.63, 3.8) is 0 Å². The second-order valence-electron chi connectivity index (χ2n) is 5.92. The van der Waals surface area contributed by atoms with Crippen LogP contribution in [0.25, 0.3) is 0 Å². The van der Waals surface area contributed by atoms with Crippen LogP contribution in [0.2, 0.25) is 0 Å². The molecule has 1 saturated heterocycles. The van der Waals surface area contributed by atoms with Gasteiger partial charge in [0, 0.05) is 18.6 Å². The van der Waals surface area contributed by atoms with Crippen LogP contribution < -0.4 is 10.1 Å². The molecule has 2 atom stereocenters. The third-order valence-corrected chi connectivity index (χ3v) is 4.44. The molecule has 0 bridgehead atoms. The number of ether oxygens (including phenoxy) is 1. The molecule has 0 saturated carbocycles. The van der Waals surface area contributed by atoms with Crippen LogP contribution in [0.15, 0.2) is 24.3 Å². The minimum Gasteiger partial charge on any atom is -0.494 e. The summed E-state index contributed by atoms with van der Waals surface area (Å²) in [6.45, 7) is 10.9. The lowest BCUT2D eigenvalue weighted by Crippen LogP contribution is -2.46. The largest absolute Gasteiger partial charge is 0.494 e. The first kappa shape index (κ1) is 16.3. The maximum absolute atomic E-state index is 5.67. The molecule has 1 heterocycles. The smallest absolute Gasteiger partial charge is 0.119 e. The van der Waals surface area contributed by atoms with Crippen LogP contribution in [0.4, 0.5) is 0 Å². The van der Waals surface area contributed by atoms with Gasteiger partial charge in [-0.25, -0.2) is 0 Å². The fraction of sp³-hybridized carbons (Fsp3) is 0.667. The summed E-state index contributed by atoms with van der Waals surface area (Å²) in [7, 11) is 0. The van der Waals surface area contributed by atoms with Crippen molar-refractivity contribution >= 4 is 0 Å². The van der Waals surface area contributed by atoms with Crippen molar-refractivity contribution in [3.8, 4) is 5.75 Å². The number of piperidine rings is 1. The van der Waals surface area contributed by atoms with Gasteiger partial charge in [0.2, 0.25) is 0 Å². The number of hydrogen-bond donors (Lipinski definition) is 1. The molecule has 1 aromatic carbocycles. The van der Waals surface area contributed by atoms with Crippen LogP contribution >= 0.6 is 0 Å². The summed E-state index contributed by atoms with van der Waals surface area (Å²) < 4.78 is 5.67. The molecule has 1 aliphatic heterocycles. The molecule has 3 nitrogen and oxygen atoms in total. The highest BCUT2D eigenvalue weighted by Gasteiger charge is 2.24. The number of nitrogens with zero attached hydrogens (tertiary/aromatic N) is 1. The first-order chi connectivity index (χ1) is 10.3. The summed E-state index contributed by atoms with van der Waals surface area (Å²) >= 11 is 0. The Balaban J connectivity index is 2.00. The zero-order valence-electron chi connectivity index (χ0n) is 13.8. The van der Waals surface area contributed by atoms with Gasteiger partial charge in [0.05, 0.1) is 6.61 Å². The van der Waals surface area contributed by atoms with E-state index >= 15 is 0 Å². The average Bonchev–Trinajstić information content (AvgIpc) is 2.55. The Morgan fingerprint density at radius 2 is 2.05 bits per heavy atom. The lowest BCUT2D eigenvalue weighted by atomic mass is 10.0. The first-order valence-corrected chi connectivity index (χ1v) is 8.45. The standard InChI is InChI=1S/C18H30N2O/c1-4-13-21-18-10-8-16(9-11-18)15(3)20(5-2)17-7-6-12-19-14-17/h8-11,15,17,19H,4-7,12-14H2,1-3H3. The number of benzene rings is 1. The monoisotopic (exact) mass is 290 g/mol. The molecule has 2 unspecified atom stereocenters. The number of likely N-dealkylation sites (N-methyl/N-ethyl adjacent to an activating group) is 1. The Bertz CT molecular complexity index is 398. The SMILES string of the molecule is CCCOc1ccc(C(C)N(CC)C2CCCNC2)cc1. The van der Waals surface area contributed by atoms with Crippen molar-refractivity contribution in [2.45, 2.75) is 52.1 Å². The maximum atomic E-state index is 5.67. The van der Waals surface area contributed by atoms with Gasteiger partial charge in [-0.1, -0.05) is 26.0 Å². The van der Waals surface area contributed by atoms with E-state index in [0.717, 1.165) is 31.9 Å². The molecule has 1 fully saturated rings. The van der Waals surface area contributed by atoms with Crippen LogP contribution in [-0.4, -0.2) is 37.2 Å². The summed E-state index contributed by atoms with van der Waals surface area (Å²) in [5.74, 6) is 0.982. The van der Waals surface area contributed by atoms with Gasteiger partial charge < -0.3 is 10.1 Å². The molecule has 0 amide bonds. The highest BCUT2D eigenvalue weighted by Crippen LogP contribution is 2.26. The molecule has 3 heteroatoms. The van der Waals surface area contributed by atoms with Crippen LogP contribution in [0.1, 0.15) is 51.6 Å². The van der Waals surface area contributed by atoms with Crippen molar-refractivity contribution in [2.24, 2.45) is 0 Å². The highest BCUT2D eigenvalue weighted by molar-refractivity contribution is 5.29. The van der Waals surface area contributed by atoms with Crippen molar-refractivity contribution < 1.29 is 4.74 Å². The molecule has 0 radical (unpaired) electrons. The number of nitrogens with one attached hydrogen (secondary N) is 1. The fourth-order valence-electron chi connectivity index (χ4n) is 3.22. The van der Waals surface area contributed by atoms with E-state index < -0.39 is 0 Å². The van der Waals surface area contributed by atoms with Crippen molar-refractivity contribution in [1.82, 2.24) is 10.2 Å². The predicted molar refractivity (Wildman–Crippen MR) is 88.9 cm³/mol. The van der Waals surface area contributed by atoms with E-state index in [9.17, 15) is 0 Å². The van der Waals surface area contributed by atoms with Gasteiger partial charge in [-0.2, -0.15) is 0 Å². The van der Waals surface area contributed by atoms with E-state index in [1.165, 1.54) is 24.9 Å². The first-order valence-electron chi connectivity index (χ1n) is 8.45. The molecule has 1 aromatic rings. The summed E-state index contributed by atoms with van der Waals surface area (Å²) in [6.07, 6.45) is 3.65. The maximum Gasteiger partial charge on any atom is 0.119 e. The Hall–Kier alpha value is -1.06. The molecule has 0 aliphatic carbocycles. The molecular weight excluding hydrogens is 260 g/mol. The van der Waals surface area contributed by atoms with Crippen LogP contribution in [-0.2, 0) is 0 Å². The third kappa shape index (κ3) is 4.45. The zero-order chi connectivity index (χ0) is 15.1. The lowest BCUT2D eigenvalue weighted by molar-refractivity contribution is 0.128. The number of rotatable bonds is 7. The molecular formula is C18H30N2O. The summed E-state index contributed by atoms with van der Waals surface area (Å²) in [6, 6.07) is 9.77. The Kier molecular flexibility index (Phi) is 6.52. The van der Waals surface area contributed by atoms with E-state index in [2.05, 4.69) is 55.3 Å². The van der Waals surface area contributed by atoms with E-state index in [-0.39, 0.29) is 0 Å². The second-order valence-corrected chi connectivity index (χ2v) is 5.92. The molecule has 1 N–H and O–H groups in total. The highest BCUT2D eigenvalue weighted by atomic mass is 16.5. The molecule has 0 aromatic heterocycles. The van der Waals surface area contributed by atoms with E-state index in [0.29, 0.717) is 12.1 Å². The minimum atomic E-state index is 0.458. The van der Waals surface area contributed by atoms with E-state index in [1.54, 1.807) is 0 Å². The molecule has 118 valence electrons. The average molecular weight is 290 g/mol. The van der Waals surface area contributed by atoms with Gasteiger partial charge in [0.1, 0.15) is 5.75 Å². The summed E-state index contributed by atoms with van der Waals surface area (Å²) in [5, 5.41) is 3.53. The van der Waals surface area contributed by atoms with E-state index in [4.69, 9.17) is 4.74 Å². The topological polar surface area (TPSA) is 24.5 Å². The Morgan fingerprint density at radius 1 is 1.29 bits per heavy atom. The third-order valence-electron chi connectivity index (χ3n) is 4.44. The quantitative estimate of drug-likeness (QED) is 0.830. The van der Waals surface area contributed by atoms with Gasteiger partial charge in [-0.3, -0.25) is 4.90 Å². The van der Waals surface area contributed by atoms with Crippen LogP contribution in [0.3, 0.4) is 0 Å². The van der Waals surface area contributed by atoms with Gasteiger partial charge in [-0.15, -0.1) is 0 Å². The molecule has 1 aliphatic rings. The Morgan fingerprint density at radius 3 is 2.62 bits per heavy atom. The zero-order valence-corrected chi connectivity index (χ0v) is 13.8. The molecule has 21 heavy (non-hydrogen) atoms. The van der Waals surface area contributed by atoms with Gasteiger partial charge in [0.25, 0.3) is 0 Å². The lowest BCUT2D eigenvalue weighted by Gasteiger charge is -2.38. The van der Waals surface area contributed by atoms with Crippen molar-refractivity contribution in [2.75, 3.05) is 26.2 Å².